The van der Waals surface area contributed by atoms with Gasteiger partial charge in [-0.3, -0.25) is 9.67 Å². The molecule has 130 valence electrons. The van der Waals surface area contributed by atoms with Crippen LogP contribution in [0.2, 0.25) is 0 Å². The first kappa shape index (κ1) is 16.6. The third-order valence-corrected chi connectivity index (χ3v) is 4.50. The lowest BCUT2D eigenvalue weighted by atomic mass is 10.2. The minimum absolute atomic E-state index is 0.552. The molecule has 1 aliphatic carbocycles. The van der Waals surface area contributed by atoms with Gasteiger partial charge in [-0.05, 0) is 31.0 Å². The van der Waals surface area contributed by atoms with Crippen LogP contribution in [-0.4, -0.2) is 34.9 Å². The van der Waals surface area contributed by atoms with E-state index in [1.54, 1.807) is 6.26 Å². The number of hydrogen-bond acceptors (Lipinski definition) is 3. The number of hydrogen-bond donors (Lipinski definition) is 2. The van der Waals surface area contributed by atoms with Gasteiger partial charge in [0.25, 0.3) is 0 Å². The highest BCUT2D eigenvalue weighted by atomic mass is 16.3. The molecule has 0 spiro atoms. The van der Waals surface area contributed by atoms with Crippen LogP contribution in [-0.2, 0) is 19.9 Å². The van der Waals surface area contributed by atoms with Gasteiger partial charge in [-0.25, -0.2) is 0 Å². The second-order valence-corrected chi connectivity index (χ2v) is 6.31. The number of rotatable bonds is 7. The van der Waals surface area contributed by atoms with E-state index in [2.05, 4.69) is 21.8 Å². The maximum atomic E-state index is 5.37. The highest BCUT2D eigenvalue weighted by Crippen LogP contribution is 2.17. The Hall–Kier alpha value is -2.24. The van der Waals surface area contributed by atoms with Gasteiger partial charge in [-0.15, -0.1) is 0 Å². The van der Waals surface area contributed by atoms with Crippen LogP contribution in [0.3, 0.4) is 0 Å². The predicted octanol–water partition coefficient (Wildman–Crippen LogP) is 2.28. The Morgan fingerprint density at radius 2 is 2.21 bits per heavy atom. The Balaban J connectivity index is 1.50. The van der Waals surface area contributed by atoms with Crippen molar-refractivity contribution in [2.75, 3.05) is 13.1 Å². The van der Waals surface area contributed by atoms with Crippen LogP contribution in [0.25, 0.3) is 0 Å². The molecule has 2 heterocycles. The molecule has 0 aliphatic heterocycles. The van der Waals surface area contributed by atoms with E-state index < -0.39 is 0 Å². The van der Waals surface area contributed by atoms with Gasteiger partial charge in [0.05, 0.1) is 6.26 Å². The molecule has 0 amide bonds. The average molecular weight is 329 g/mol. The number of nitrogens with zero attached hydrogens (tertiary/aromatic N) is 3. The van der Waals surface area contributed by atoms with Crippen molar-refractivity contribution in [3.63, 3.8) is 0 Å². The van der Waals surface area contributed by atoms with Crippen molar-refractivity contribution in [3.05, 3.63) is 42.1 Å². The largest absolute Gasteiger partial charge is 0.469 e. The minimum atomic E-state index is 0.552. The molecule has 24 heavy (non-hydrogen) atoms. The number of aryl methyl sites for hydroxylation is 1. The van der Waals surface area contributed by atoms with Gasteiger partial charge in [0.1, 0.15) is 5.76 Å². The monoisotopic (exact) mass is 329 g/mol. The summed E-state index contributed by atoms with van der Waals surface area (Å²) in [5.74, 6) is 1.89. The number of aliphatic imine (C=N–C) groups is 1. The molecule has 2 aromatic rings. The van der Waals surface area contributed by atoms with Crippen molar-refractivity contribution in [2.24, 2.45) is 12.0 Å². The summed E-state index contributed by atoms with van der Waals surface area (Å²) in [5, 5.41) is 11.2. The SMILES string of the molecule is Cn1nccc1CCNC(=NCCc1ccco1)NC1CCCC1. The molecule has 0 radical (unpaired) electrons. The van der Waals surface area contributed by atoms with Crippen LogP contribution in [0, 0.1) is 0 Å². The van der Waals surface area contributed by atoms with Crippen LogP contribution in [0.4, 0.5) is 0 Å². The molecule has 1 fully saturated rings. The zero-order valence-electron chi connectivity index (χ0n) is 14.4. The van der Waals surface area contributed by atoms with E-state index >= 15 is 0 Å². The van der Waals surface area contributed by atoms with E-state index in [9.17, 15) is 0 Å². The second-order valence-electron chi connectivity index (χ2n) is 6.31. The highest BCUT2D eigenvalue weighted by Gasteiger charge is 2.16. The number of guanidine groups is 1. The van der Waals surface area contributed by atoms with Crippen LogP contribution >= 0.6 is 0 Å². The van der Waals surface area contributed by atoms with E-state index in [4.69, 9.17) is 9.41 Å². The van der Waals surface area contributed by atoms with Crippen molar-refractivity contribution in [1.29, 1.82) is 0 Å². The first-order valence-electron chi connectivity index (χ1n) is 8.85. The highest BCUT2D eigenvalue weighted by molar-refractivity contribution is 5.80. The third kappa shape index (κ3) is 4.88. The van der Waals surface area contributed by atoms with Gasteiger partial charge in [0, 0.05) is 50.9 Å². The smallest absolute Gasteiger partial charge is 0.191 e. The zero-order valence-corrected chi connectivity index (χ0v) is 14.4. The Morgan fingerprint density at radius 3 is 2.92 bits per heavy atom. The van der Waals surface area contributed by atoms with Gasteiger partial charge in [-0.2, -0.15) is 5.10 Å². The number of furan rings is 1. The van der Waals surface area contributed by atoms with Crippen LogP contribution in [0.15, 0.2) is 40.1 Å². The molecule has 2 N–H and O–H groups in total. The molecular weight excluding hydrogens is 302 g/mol. The van der Waals surface area contributed by atoms with Gasteiger partial charge in [0.15, 0.2) is 5.96 Å². The van der Waals surface area contributed by atoms with Crippen molar-refractivity contribution in [2.45, 2.75) is 44.6 Å². The van der Waals surface area contributed by atoms with Crippen LogP contribution < -0.4 is 10.6 Å². The third-order valence-electron chi connectivity index (χ3n) is 4.50. The molecule has 1 aliphatic rings. The van der Waals surface area contributed by atoms with Crippen LogP contribution in [0.1, 0.15) is 37.1 Å². The Morgan fingerprint density at radius 1 is 1.33 bits per heavy atom. The summed E-state index contributed by atoms with van der Waals surface area (Å²) in [6.45, 7) is 1.57. The van der Waals surface area contributed by atoms with E-state index in [0.29, 0.717) is 6.04 Å². The summed E-state index contributed by atoms with van der Waals surface area (Å²) in [6, 6.07) is 6.52. The lowest BCUT2D eigenvalue weighted by Gasteiger charge is -2.17. The molecule has 0 aromatic carbocycles. The standard InChI is InChI=1S/C18H27N5O/c1-23-16(9-13-21-23)8-11-19-18(22-15-5-2-3-6-15)20-12-10-17-7-4-14-24-17/h4,7,9,13-15H,2-3,5-6,8,10-12H2,1H3,(H2,19,20,22). The van der Waals surface area contributed by atoms with Crippen molar-refractivity contribution in [3.8, 4) is 0 Å². The summed E-state index contributed by atoms with van der Waals surface area (Å²) in [4.78, 5) is 4.72. The average Bonchev–Trinajstić information content (AvgIpc) is 3.31. The molecule has 0 saturated heterocycles. The fourth-order valence-corrected chi connectivity index (χ4v) is 3.10. The van der Waals surface area contributed by atoms with Crippen molar-refractivity contribution < 1.29 is 4.42 Å². The molecule has 0 bridgehead atoms. The number of nitrogens with one attached hydrogen (secondary N) is 2. The minimum Gasteiger partial charge on any atom is -0.469 e. The summed E-state index contributed by atoms with van der Waals surface area (Å²) in [6.07, 6.45) is 10.4. The first-order valence-corrected chi connectivity index (χ1v) is 8.85. The Labute approximate surface area is 143 Å². The molecule has 0 unspecified atom stereocenters. The maximum absolute atomic E-state index is 5.37. The normalized spacial score (nSPS) is 15.8. The van der Waals surface area contributed by atoms with E-state index in [1.165, 1.54) is 31.4 Å². The zero-order chi connectivity index (χ0) is 16.6. The van der Waals surface area contributed by atoms with Gasteiger partial charge in [0.2, 0.25) is 0 Å². The van der Waals surface area contributed by atoms with E-state index in [0.717, 1.165) is 37.7 Å². The fourth-order valence-electron chi connectivity index (χ4n) is 3.10. The van der Waals surface area contributed by atoms with Gasteiger partial charge >= 0.3 is 0 Å². The van der Waals surface area contributed by atoms with Gasteiger partial charge < -0.3 is 15.1 Å². The lowest BCUT2D eigenvalue weighted by Crippen LogP contribution is -2.43. The number of aromatic nitrogens is 2. The lowest BCUT2D eigenvalue weighted by molar-refractivity contribution is 0.510. The maximum Gasteiger partial charge on any atom is 0.191 e. The first-order chi connectivity index (χ1) is 11.8. The second kappa shape index (κ2) is 8.57. The fraction of sp³-hybridized carbons (Fsp3) is 0.556. The molecule has 2 aromatic heterocycles. The van der Waals surface area contributed by atoms with Crippen LogP contribution in [0.5, 0.6) is 0 Å². The molecule has 6 nitrogen and oxygen atoms in total. The topological polar surface area (TPSA) is 67.4 Å². The predicted molar refractivity (Wildman–Crippen MR) is 95.0 cm³/mol. The Kier molecular flexibility index (Phi) is 5.93. The molecule has 1 saturated carbocycles. The molecule has 0 atom stereocenters. The molecule has 6 heteroatoms. The van der Waals surface area contributed by atoms with E-state index in [-0.39, 0.29) is 0 Å². The summed E-state index contributed by atoms with van der Waals surface area (Å²) < 4.78 is 7.29. The summed E-state index contributed by atoms with van der Waals surface area (Å²) >= 11 is 0. The van der Waals surface area contributed by atoms with Crippen molar-refractivity contribution >= 4 is 5.96 Å². The summed E-state index contributed by atoms with van der Waals surface area (Å²) in [5.41, 5.74) is 1.22. The van der Waals surface area contributed by atoms with Crippen molar-refractivity contribution in [1.82, 2.24) is 20.4 Å². The molecule has 3 rings (SSSR count). The summed E-state index contributed by atoms with van der Waals surface area (Å²) in [7, 11) is 1.98. The molecular formula is C18H27N5O. The quantitative estimate of drug-likeness (QED) is 0.604. The van der Waals surface area contributed by atoms with Gasteiger partial charge in [-0.1, -0.05) is 12.8 Å². The Bertz CT molecular complexity index is 626. The van der Waals surface area contributed by atoms with E-state index in [1.807, 2.05) is 30.1 Å².